The number of aryl methyl sites for hydroxylation is 1. The van der Waals surface area contributed by atoms with Crippen molar-refractivity contribution in [3.05, 3.63) is 15.6 Å². The van der Waals surface area contributed by atoms with E-state index in [0.29, 0.717) is 23.7 Å². The molecule has 6 nitrogen and oxygen atoms in total. The summed E-state index contributed by atoms with van der Waals surface area (Å²) in [5, 5.41) is 12.3. The Morgan fingerprint density at radius 3 is 2.56 bits per heavy atom. The maximum Gasteiger partial charge on any atom is 0.347 e. The van der Waals surface area contributed by atoms with E-state index in [1.54, 1.807) is 20.8 Å². The molecule has 0 bridgehead atoms. The SMILES string of the molecule is Cc1nc(CCNC(=O)C(C)(C)N)sc1C(=O)O. The Morgan fingerprint density at radius 1 is 1.50 bits per heavy atom. The highest BCUT2D eigenvalue weighted by atomic mass is 32.1. The number of nitrogens with zero attached hydrogens (tertiary/aromatic N) is 1. The Kier molecular flexibility index (Phi) is 4.42. The van der Waals surface area contributed by atoms with Crippen LogP contribution in [-0.4, -0.2) is 34.1 Å². The third-order valence-electron chi connectivity index (χ3n) is 2.24. The number of rotatable bonds is 5. The third-order valence-corrected chi connectivity index (χ3v) is 3.45. The number of carboxylic acid groups (broad SMARTS) is 1. The number of carbonyl (C=O) groups is 2. The summed E-state index contributed by atoms with van der Waals surface area (Å²) in [5.41, 5.74) is 5.22. The normalized spacial score (nSPS) is 11.3. The standard InChI is InChI=1S/C11H17N3O3S/c1-6-8(9(15)16)18-7(14-6)4-5-13-10(17)11(2,3)12/h4-5,12H2,1-3H3,(H,13,17)(H,15,16). The van der Waals surface area contributed by atoms with Crippen molar-refractivity contribution >= 4 is 23.2 Å². The van der Waals surface area contributed by atoms with Crippen molar-refractivity contribution in [2.24, 2.45) is 5.73 Å². The van der Waals surface area contributed by atoms with Crippen LogP contribution in [0.4, 0.5) is 0 Å². The minimum absolute atomic E-state index is 0.241. The van der Waals surface area contributed by atoms with Gasteiger partial charge in [0, 0.05) is 13.0 Å². The van der Waals surface area contributed by atoms with Crippen LogP contribution in [0.1, 0.15) is 34.2 Å². The maximum absolute atomic E-state index is 11.5. The Hall–Kier alpha value is -1.47. The molecule has 0 unspecified atom stereocenters. The Labute approximate surface area is 109 Å². The number of thiazole rings is 1. The summed E-state index contributed by atoms with van der Waals surface area (Å²) in [5.74, 6) is -1.21. The van der Waals surface area contributed by atoms with Crippen LogP contribution >= 0.6 is 11.3 Å². The first-order valence-electron chi connectivity index (χ1n) is 5.48. The molecular weight excluding hydrogens is 254 g/mol. The average molecular weight is 271 g/mol. The molecule has 0 aliphatic heterocycles. The van der Waals surface area contributed by atoms with Gasteiger partial charge in [-0.05, 0) is 20.8 Å². The van der Waals surface area contributed by atoms with E-state index in [9.17, 15) is 9.59 Å². The van der Waals surface area contributed by atoms with Gasteiger partial charge in [0.05, 0.1) is 16.2 Å². The summed E-state index contributed by atoms with van der Waals surface area (Å²) in [4.78, 5) is 26.7. The second-order valence-corrected chi connectivity index (χ2v) is 5.64. The Bertz CT molecular complexity index is 463. The van der Waals surface area contributed by atoms with Gasteiger partial charge < -0.3 is 16.2 Å². The van der Waals surface area contributed by atoms with E-state index < -0.39 is 11.5 Å². The van der Waals surface area contributed by atoms with Crippen molar-refractivity contribution in [1.82, 2.24) is 10.3 Å². The highest BCUT2D eigenvalue weighted by Crippen LogP contribution is 2.18. The lowest BCUT2D eigenvalue weighted by Crippen LogP contribution is -2.49. The van der Waals surface area contributed by atoms with Gasteiger partial charge in [-0.15, -0.1) is 11.3 Å². The first-order chi connectivity index (χ1) is 8.21. The van der Waals surface area contributed by atoms with E-state index in [0.717, 1.165) is 11.3 Å². The van der Waals surface area contributed by atoms with Gasteiger partial charge in [-0.25, -0.2) is 9.78 Å². The molecule has 0 saturated heterocycles. The molecule has 0 fully saturated rings. The lowest BCUT2D eigenvalue weighted by Gasteiger charge is -2.17. The van der Waals surface area contributed by atoms with Crippen molar-refractivity contribution in [3.63, 3.8) is 0 Å². The molecule has 0 radical (unpaired) electrons. The molecule has 18 heavy (non-hydrogen) atoms. The number of carboxylic acids is 1. The molecule has 0 atom stereocenters. The van der Waals surface area contributed by atoms with Crippen molar-refractivity contribution in [2.45, 2.75) is 32.7 Å². The maximum atomic E-state index is 11.5. The van der Waals surface area contributed by atoms with Crippen molar-refractivity contribution < 1.29 is 14.7 Å². The van der Waals surface area contributed by atoms with Crippen LogP contribution < -0.4 is 11.1 Å². The molecule has 0 aromatic carbocycles. The van der Waals surface area contributed by atoms with E-state index in [4.69, 9.17) is 10.8 Å². The highest BCUT2D eigenvalue weighted by molar-refractivity contribution is 7.13. The number of carbonyl (C=O) groups excluding carboxylic acids is 1. The molecular formula is C11H17N3O3S. The predicted octanol–water partition coefficient (Wildman–Crippen LogP) is 0.546. The smallest absolute Gasteiger partial charge is 0.347 e. The van der Waals surface area contributed by atoms with Crippen LogP contribution in [-0.2, 0) is 11.2 Å². The van der Waals surface area contributed by atoms with Crippen LogP contribution in [0.3, 0.4) is 0 Å². The summed E-state index contributed by atoms with van der Waals surface area (Å²) >= 11 is 1.13. The quantitative estimate of drug-likeness (QED) is 0.725. The van der Waals surface area contributed by atoms with Gasteiger partial charge in [-0.1, -0.05) is 0 Å². The molecule has 0 aliphatic carbocycles. The van der Waals surface area contributed by atoms with E-state index in [2.05, 4.69) is 10.3 Å². The van der Waals surface area contributed by atoms with Gasteiger partial charge in [0.2, 0.25) is 5.91 Å². The van der Waals surface area contributed by atoms with Gasteiger partial charge in [0.25, 0.3) is 0 Å². The molecule has 1 amide bonds. The largest absolute Gasteiger partial charge is 0.477 e. The second kappa shape index (κ2) is 5.45. The summed E-state index contributed by atoms with van der Waals surface area (Å²) < 4.78 is 0. The fraction of sp³-hybridized carbons (Fsp3) is 0.545. The zero-order valence-corrected chi connectivity index (χ0v) is 11.4. The third kappa shape index (κ3) is 3.78. The molecule has 4 N–H and O–H groups in total. The topological polar surface area (TPSA) is 105 Å². The summed E-state index contributed by atoms with van der Waals surface area (Å²) in [6.45, 7) is 5.30. The number of hydrogen-bond acceptors (Lipinski definition) is 5. The number of nitrogens with one attached hydrogen (secondary N) is 1. The summed E-state index contributed by atoms with van der Waals surface area (Å²) in [6.07, 6.45) is 0.501. The molecule has 1 heterocycles. The number of aromatic nitrogens is 1. The molecule has 0 saturated carbocycles. The molecule has 7 heteroatoms. The predicted molar refractivity (Wildman–Crippen MR) is 68.8 cm³/mol. The first kappa shape index (κ1) is 14.6. The van der Waals surface area contributed by atoms with E-state index in [1.807, 2.05) is 0 Å². The molecule has 100 valence electrons. The summed E-state index contributed by atoms with van der Waals surface area (Å²) in [6, 6.07) is 0. The van der Waals surface area contributed by atoms with Gasteiger partial charge in [0.15, 0.2) is 0 Å². The zero-order valence-electron chi connectivity index (χ0n) is 10.6. The average Bonchev–Trinajstić information content (AvgIpc) is 2.58. The number of nitrogens with two attached hydrogens (primary N) is 1. The van der Waals surface area contributed by atoms with Gasteiger partial charge in [-0.3, -0.25) is 4.79 Å². The van der Waals surface area contributed by atoms with Crippen LogP contribution in [0.5, 0.6) is 0 Å². The van der Waals surface area contributed by atoms with Crippen molar-refractivity contribution in [3.8, 4) is 0 Å². The number of hydrogen-bond donors (Lipinski definition) is 3. The molecule has 0 spiro atoms. The van der Waals surface area contributed by atoms with E-state index in [-0.39, 0.29) is 10.8 Å². The first-order valence-corrected chi connectivity index (χ1v) is 6.30. The fourth-order valence-corrected chi connectivity index (χ4v) is 2.17. The summed E-state index contributed by atoms with van der Waals surface area (Å²) in [7, 11) is 0. The minimum atomic E-state index is -0.969. The monoisotopic (exact) mass is 271 g/mol. The lowest BCUT2D eigenvalue weighted by molar-refractivity contribution is -0.125. The Balaban J connectivity index is 2.53. The van der Waals surface area contributed by atoms with Crippen LogP contribution in [0.15, 0.2) is 0 Å². The van der Waals surface area contributed by atoms with Gasteiger partial charge >= 0.3 is 5.97 Å². The second-order valence-electron chi connectivity index (χ2n) is 4.55. The molecule has 1 aromatic rings. The number of aromatic carboxylic acids is 1. The van der Waals surface area contributed by atoms with Crippen molar-refractivity contribution in [2.75, 3.05) is 6.54 Å². The van der Waals surface area contributed by atoms with Gasteiger partial charge in [0.1, 0.15) is 4.88 Å². The van der Waals surface area contributed by atoms with Crippen LogP contribution in [0, 0.1) is 6.92 Å². The van der Waals surface area contributed by atoms with E-state index >= 15 is 0 Å². The molecule has 1 aromatic heterocycles. The number of amides is 1. The van der Waals surface area contributed by atoms with Crippen molar-refractivity contribution in [1.29, 1.82) is 0 Å². The minimum Gasteiger partial charge on any atom is -0.477 e. The van der Waals surface area contributed by atoms with Gasteiger partial charge in [-0.2, -0.15) is 0 Å². The highest BCUT2D eigenvalue weighted by Gasteiger charge is 2.21. The molecule has 0 aliphatic rings. The van der Waals surface area contributed by atoms with Crippen LogP contribution in [0.2, 0.25) is 0 Å². The molecule has 1 rings (SSSR count). The lowest BCUT2D eigenvalue weighted by atomic mass is 10.1. The fourth-order valence-electron chi connectivity index (χ4n) is 1.27. The Morgan fingerprint density at radius 2 is 2.11 bits per heavy atom. The zero-order chi connectivity index (χ0) is 13.9. The van der Waals surface area contributed by atoms with Crippen LogP contribution in [0.25, 0.3) is 0 Å². The van der Waals surface area contributed by atoms with E-state index in [1.165, 1.54) is 0 Å².